The topological polar surface area (TPSA) is 62.9 Å². The number of halogens is 1. The molecule has 1 aliphatic rings. The molecule has 0 atom stereocenters. The highest BCUT2D eigenvalue weighted by molar-refractivity contribution is 14.0. The van der Waals surface area contributed by atoms with Crippen LogP contribution in [0.5, 0.6) is 0 Å². The first-order valence-electron chi connectivity index (χ1n) is 8.67. The zero-order chi connectivity index (χ0) is 15.2. The molecule has 3 N–H and O–H groups in total. The number of nitrogens with one attached hydrogen (secondary N) is 1. The van der Waals surface area contributed by atoms with Gasteiger partial charge in [0.05, 0.1) is 13.2 Å². The van der Waals surface area contributed by atoms with E-state index in [1.165, 1.54) is 38.5 Å². The van der Waals surface area contributed by atoms with Gasteiger partial charge in [-0.1, -0.05) is 39.0 Å². The van der Waals surface area contributed by atoms with Gasteiger partial charge in [0.25, 0.3) is 0 Å². The molecular weight excluding hydrogens is 391 g/mol. The lowest BCUT2D eigenvalue weighted by molar-refractivity contribution is 0.0377. The van der Waals surface area contributed by atoms with Crippen molar-refractivity contribution in [1.29, 1.82) is 0 Å². The number of nitrogens with two attached hydrogens (primary N) is 1. The first-order chi connectivity index (χ1) is 10.3. The van der Waals surface area contributed by atoms with Crippen molar-refractivity contribution in [2.45, 2.75) is 51.9 Å². The van der Waals surface area contributed by atoms with E-state index < -0.39 is 0 Å². The fourth-order valence-corrected chi connectivity index (χ4v) is 2.50. The van der Waals surface area contributed by atoms with Gasteiger partial charge in [-0.3, -0.25) is 9.89 Å². The second-order valence-electron chi connectivity index (χ2n) is 5.77. The molecule has 0 amide bonds. The van der Waals surface area contributed by atoms with Crippen molar-refractivity contribution < 1.29 is 4.74 Å². The number of unbranched alkanes of at least 4 members (excludes halogenated alkanes) is 5. The van der Waals surface area contributed by atoms with Crippen LogP contribution in [0.1, 0.15) is 51.9 Å². The van der Waals surface area contributed by atoms with E-state index in [2.05, 4.69) is 22.1 Å². The smallest absolute Gasteiger partial charge is 0.188 e. The predicted molar refractivity (Wildman–Crippen MR) is 105 cm³/mol. The van der Waals surface area contributed by atoms with Gasteiger partial charge in [-0.15, -0.1) is 24.0 Å². The molecule has 0 spiro atoms. The molecule has 0 aromatic heterocycles. The molecule has 6 heteroatoms. The highest BCUT2D eigenvalue weighted by Crippen LogP contribution is 2.04. The fraction of sp³-hybridized carbons (Fsp3) is 0.938. The third kappa shape index (κ3) is 12.5. The van der Waals surface area contributed by atoms with Crippen LogP contribution in [0.25, 0.3) is 0 Å². The van der Waals surface area contributed by atoms with Crippen molar-refractivity contribution in [2.24, 2.45) is 10.7 Å². The summed E-state index contributed by atoms with van der Waals surface area (Å²) in [7, 11) is 0. The molecule has 0 aromatic rings. The quantitative estimate of drug-likeness (QED) is 0.231. The largest absolute Gasteiger partial charge is 0.379 e. The molecule has 132 valence electrons. The zero-order valence-electron chi connectivity index (χ0n) is 14.2. The standard InChI is InChI=1S/C16H34N4O.HI/c1-2-3-4-5-6-7-9-18-16(17)19-10-8-11-20-12-14-21-15-13-20;/h2-15H2,1H3,(H3,17,18,19);1H. The normalized spacial score (nSPS) is 16.3. The Morgan fingerprint density at radius 3 is 2.50 bits per heavy atom. The third-order valence-electron chi connectivity index (χ3n) is 3.85. The van der Waals surface area contributed by atoms with Gasteiger partial charge < -0.3 is 15.8 Å². The molecule has 0 unspecified atom stereocenters. The van der Waals surface area contributed by atoms with Crippen molar-refractivity contribution in [1.82, 2.24) is 10.2 Å². The van der Waals surface area contributed by atoms with Gasteiger partial charge in [-0.25, -0.2) is 0 Å². The Bertz CT molecular complexity index is 271. The summed E-state index contributed by atoms with van der Waals surface area (Å²) in [6.45, 7) is 8.94. The van der Waals surface area contributed by atoms with E-state index in [1.807, 2.05) is 0 Å². The summed E-state index contributed by atoms with van der Waals surface area (Å²) in [5, 5.41) is 3.21. The lowest BCUT2D eigenvalue weighted by atomic mass is 10.1. The molecule has 0 radical (unpaired) electrons. The average Bonchev–Trinajstić information content (AvgIpc) is 2.52. The first kappa shape index (κ1) is 21.9. The summed E-state index contributed by atoms with van der Waals surface area (Å²) in [5.74, 6) is 0.602. The Hall–Kier alpha value is -0.0800. The molecule has 0 aromatic carbocycles. The maximum absolute atomic E-state index is 5.86. The van der Waals surface area contributed by atoms with Gasteiger partial charge in [-0.2, -0.15) is 0 Å². The van der Waals surface area contributed by atoms with Gasteiger partial charge in [0.1, 0.15) is 0 Å². The molecule has 5 nitrogen and oxygen atoms in total. The summed E-state index contributed by atoms with van der Waals surface area (Å²) < 4.78 is 5.33. The van der Waals surface area contributed by atoms with Crippen molar-refractivity contribution in [3.8, 4) is 0 Å². The minimum atomic E-state index is 0. The van der Waals surface area contributed by atoms with E-state index in [4.69, 9.17) is 10.5 Å². The number of hydrogen-bond donors (Lipinski definition) is 2. The summed E-state index contributed by atoms with van der Waals surface area (Å²) in [6.07, 6.45) is 8.92. The van der Waals surface area contributed by atoms with Crippen LogP contribution in [0.4, 0.5) is 0 Å². The van der Waals surface area contributed by atoms with E-state index in [9.17, 15) is 0 Å². The Balaban J connectivity index is 0.00000441. The number of ether oxygens (including phenoxy) is 1. The molecule has 1 fully saturated rings. The third-order valence-corrected chi connectivity index (χ3v) is 3.85. The Morgan fingerprint density at radius 1 is 1.09 bits per heavy atom. The van der Waals surface area contributed by atoms with Crippen molar-refractivity contribution in [3.63, 3.8) is 0 Å². The van der Waals surface area contributed by atoms with E-state index >= 15 is 0 Å². The van der Waals surface area contributed by atoms with E-state index in [0.717, 1.165) is 52.4 Å². The van der Waals surface area contributed by atoms with E-state index in [0.29, 0.717) is 5.96 Å². The highest BCUT2D eigenvalue weighted by Gasteiger charge is 2.08. The van der Waals surface area contributed by atoms with Crippen LogP contribution >= 0.6 is 24.0 Å². The van der Waals surface area contributed by atoms with Crippen LogP contribution in [0.2, 0.25) is 0 Å². The van der Waals surface area contributed by atoms with E-state index in [-0.39, 0.29) is 24.0 Å². The number of rotatable bonds is 11. The maximum Gasteiger partial charge on any atom is 0.188 e. The summed E-state index contributed by atoms with van der Waals surface area (Å²) in [4.78, 5) is 6.81. The monoisotopic (exact) mass is 426 g/mol. The van der Waals surface area contributed by atoms with Gasteiger partial charge in [-0.05, 0) is 12.8 Å². The molecule has 1 aliphatic heterocycles. The SMILES string of the molecule is CCCCCCCCNC(N)=NCCCN1CCOCC1.I. The molecule has 0 saturated carbocycles. The van der Waals surface area contributed by atoms with Crippen LogP contribution < -0.4 is 11.1 Å². The van der Waals surface area contributed by atoms with Crippen molar-refractivity contribution in [3.05, 3.63) is 0 Å². The van der Waals surface area contributed by atoms with Crippen LogP contribution in [-0.4, -0.2) is 56.8 Å². The van der Waals surface area contributed by atoms with Crippen molar-refractivity contribution >= 4 is 29.9 Å². The Kier molecular flexibility index (Phi) is 15.7. The van der Waals surface area contributed by atoms with Gasteiger partial charge in [0.15, 0.2) is 5.96 Å². The number of guanidine groups is 1. The first-order valence-corrected chi connectivity index (χ1v) is 8.67. The Morgan fingerprint density at radius 2 is 1.77 bits per heavy atom. The minimum absolute atomic E-state index is 0. The number of aliphatic imine (C=N–C) groups is 1. The summed E-state index contributed by atoms with van der Waals surface area (Å²) in [5.41, 5.74) is 5.86. The second kappa shape index (κ2) is 15.8. The average molecular weight is 426 g/mol. The summed E-state index contributed by atoms with van der Waals surface area (Å²) in [6, 6.07) is 0. The van der Waals surface area contributed by atoms with Gasteiger partial charge in [0.2, 0.25) is 0 Å². The summed E-state index contributed by atoms with van der Waals surface area (Å²) >= 11 is 0. The molecule has 1 saturated heterocycles. The lowest BCUT2D eigenvalue weighted by Crippen LogP contribution is -2.37. The highest BCUT2D eigenvalue weighted by atomic mass is 127. The fourth-order valence-electron chi connectivity index (χ4n) is 2.50. The Labute approximate surface area is 153 Å². The van der Waals surface area contributed by atoms with E-state index in [1.54, 1.807) is 0 Å². The molecular formula is C16H35IN4O. The molecule has 0 aliphatic carbocycles. The molecule has 22 heavy (non-hydrogen) atoms. The number of morpholine rings is 1. The molecule has 0 bridgehead atoms. The maximum atomic E-state index is 5.86. The van der Waals surface area contributed by atoms with Crippen LogP contribution in [0.15, 0.2) is 4.99 Å². The zero-order valence-corrected chi connectivity index (χ0v) is 16.5. The molecule has 1 heterocycles. The predicted octanol–water partition coefficient (Wildman–Crippen LogP) is 2.59. The van der Waals surface area contributed by atoms with Crippen LogP contribution in [0, 0.1) is 0 Å². The molecule has 1 rings (SSSR count). The number of nitrogens with zero attached hydrogens (tertiary/aromatic N) is 2. The second-order valence-corrected chi connectivity index (χ2v) is 5.77. The van der Waals surface area contributed by atoms with Gasteiger partial charge in [0, 0.05) is 32.7 Å². The van der Waals surface area contributed by atoms with Crippen LogP contribution in [0.3, 0.4) is 0 Å². The van der Waals surface area contributed by atoms with Crippen molar-refractivity contribution in [2.75, 3.05) is 45.9 Å². The number of hydrogen-bond acceptors (Lipinski definition) is 3. The lowest BCUT2D eigenvalue weighted by Gasteiger charge is -2.26. The minimum Gasteiger partial charge on any atom is -0.379 e. The van der Waals surface area contributed by atoms with Crippen LogP contribution in [-0.2, 0) is 4.74 Å². The van der Waals surface area contributed by atoms with Gasteiger partial charge >= 0.3 is 0 Å².